The van der Waals surface area contributed by atoms with Crippen molar-refractivity contribution >= 4 is 29.8 Å². The molecule has 2 aliphatic rings. The normalized spacial score (nSPS) is 21.0. The van der Waals surface area contributed by atoms with Gasteiger partial charge >= 0.3 is 0 Å². The molecule has 2 heterocycles. The third-order valence-corrected chi connectivity index (χ3v) is 7.22. The molecule has 0 radical (unpaired) electrons. The Morgan fingerprint density at radius 1 is 1.14 bits per heavy atom. The fraction of sp³-hybridized carbons (Fsp3) is 0.368. The second-order valence-electron chi connectivity index (χ2n) is 6.25. The number of halogens is 1. The number of alkyl halides is 1. The molecule has 1 aromatic rings. The number of allylic oxidation sites excluding steroid dienone is 6. The zero-order valence-electron chi connectivity index (χ0n) is 12.8. The minimum atomic E-state index is 0.133. The summed E-state index contributed by atoms with van der Waals surface area (Å²) in [5, 5.41) is 0. The molecule has 0 bridgehead atoms. The SMILES string of the molecule is CC1(C)C=CC=C(c2ccc(C3=ICCCC3)nc2)C=C1. The molecule has 3 rings (SSSR count). The summed E-state index contributed by atoms with van der Waals surface area (Å²) in [7, 11) is 0. The van der Waals surface area contributed by atoms with Crippen LogP contribution in [0.3, 0.4) is 0 Å². The van der Waals surface area contributed by atoms with Crippen LogP contribution in [-0.2, 0) is 0 Å². The molecule has 110 valence electrons. The summed E-state index contributed by atoms with van der Waals surface area (Å²) in [6, 6.07) is 4.46. The summed E-state index contributed by atoms with van der Waals surface area (Å²) >= 11 is 0.242. The average Bonchev–Trinajstić information content (AvgIpc) is 2.69. The zero-order valence-corrected chi connectivity index (χ0v) is 14.9. The van der Waals surface area contributed by atoms with Gasteiger partial charge < -0.3 is 0 Å². The Kier molecular flexibility index (Phi) is 4.53. The van der Waals surface area contributed by atoms with E-state index in [2.05, 4.69) is 56.4 Å². The molecule has 0 unspecified atom stereocenters. The highest BCUT2D eigenvalue weighted by atomic mass is 127. The van der Waals surface area contributed by atoms with Gasteiger partial charge in [-0.1, -0.05) is 50.3 Å². The van der Waals surface area contributed by atoms with Crippen LogP contribution < -0.4 is 0 Å². The van der Waals surface area contributed by atoms with Crippen molar-refractivity contribution < 1.29 is 0 Å². The fourth-order valence-electron chi connectivity index (χ4n) is 2.55. The third-order valence-electron chi connectivity index (χ3n) is 3.90. The van der Waals surface area contributed by atoms with Gasteiger partial charge in [-0.3, -0.25) is 4.98 Å². The van der Waals surface area contributed by atoms with Crippen LogP contribution in [0.2, 0.25) is 0 Å². The standard InChI is InChI=1S/C19H22IN/c1-19(2)11-5-6-15(10-12-19)16-8-9-18(21-14-16)17-7-3-4-13-20-17/h5-6,8-12,14H,3-4,7,13H2,1-2H3. The van der Waals surface area contributed by atoms with Crippen molar-refractivity contribution in [3.63, 3.8) is 0 Å². The molecule has 1 nitrogen and oxygen atoms in total. The van der Waals surface area contributed by atoms with Crippen LogP contribution >= 0.6 is 20.7 Å². The molecule has 0 aromatic carbocycles. The topological polar surface area (TPSA) is 12.9 Å². The van der Waals surface area contributed by atoms with Gasteiger partial charge in [-0.2, -0.15) is 0 Å². The summed E-state index contributed by atoms with van der Waals surface area (Å²) in [5.74, 6) is 0. The Balaban J connectivity index is 1.83. The Morgan fingerprint density at radius 2 is 2.05 bits per heavy atom. The Morgan fingerprint density at radius 3 is 2.76 bits per heavy atom. The molecule has 0 amide bonds. The van der Waals surface area contributed by atoms with Crippen molar-refractivity contribution in [3.8, 4) is 0 Å². The number of pyridine rings is 1. The minimum absolute atomic E-state index is 0.133. The molecule has 0 N–H and O–H groups in total. The first kappa shape index (κ1) is 14.9. The van der Waals surface area contributed by atoms with Gasteiger partial charge in [0.15, 0.2) is 0 Å². The number of nitrogens with zero attached hydrogens (tertiary/aromatic N) is 1. The van der Waals surface area contributed by atoms with E-state index in [0.717, 1.165) is 0 Å². The molecule has 0 fully saturated rings. The van der Waals surface area contributed by atoms with E-state index in [-0.39, 0.29) is 26.1 Å². The van der Waals surface area contributed by atoms with Crippen molar-refractivity contribution in [1.29, 1.82) is 0 Å². The van der Waals surface area contributed by atoms with E-state index in [1.54, 1.807) is 3.51 Å². The van der Waals surface area contributed by atoms with E-state index < -0.39 is 0 Å². The van der Waals surface area contributed by atoms with E-state index in [0.29, 0.717) is 0 Å². The van der Waals surface area contributed by atoms with Crippen LogP contribution in [0, 0.1) is 5.41 Å². The molecule has 0 saturated heterocycles. The van der Waals surface area contributed by atoms with Crippen LogP contribution in [0.4, 0.5) is 0 Å². The summed E-state index contributed by atoms with van der Waals surface area (Å²) in [6.45, 7) is 4.45. The lowest BCUT2D eigenvalue weighted by Gasteiger charge is -2.13. The second kappa shape index (κ2) is 6.39. The summed E-state index contributed by atoms with van der Waals surface area (Å²) in [4.78, 5) is 4.74. The lowest BCUT2D eigenvalue weighted by atomic mass is 9.93. The molecule has 21 heavy (non-hydrogen) atoms. The fourth-order valence-corrected chi connectivity index (χ4v) is 5.60. The molecular formula is C19H22IN. The van der Waals surface area contributed by atoms with Gasteiger partial charge in [0.2, 0.25) is 0 Å². The van der Waals surface area contributed by atoms with E-state index in [9.17, 15) is 0 Å². The highest BCUT2D eigenvalue weighted by Gasteiger charge is 2.12. The van der Waals surface area contributed by atoms with Crippen LogP contribution in [0.15, 0.2) is 48.7 Å². The molecule has 0 spiro atoms. The van der Waals surface area contributed by atoms with Crippen LogP contribution in [0.5, 0.6) is 0 Å². The molecule has 1 aromatic heterocycles. The van der Waals surface area contributed by atoms with Gasteiger partial charge in [0.05, 0.1) is 5.69 Å². The van der Waals surface area contributed by atoms with Crippen LogP contribution in [-0.4, -0.2) is 12.9 Å². The molecule has 0 saturated carbocycles. The van der Waals surface area contributed by atoms with Crippen molar-refractivity contribution in [2.24, 2.45) is 5.41 Å². The summed E-state index contributed by atoms with van der Waals surface area (Å²) in [6.07, 6.45) is 17.2. The maximum Gasteiger partial charge on any atom is 0.0715 e. The van der Waals surface area contributed by atoms with Crippen LogP contribution in [0.1, 0.15) is 44.4 Å². The monoisotopic (exact) mass is 391 g/mol. The summed E-state index contributed by atoms with van der Waals surface area (Å²) < 4.78 is 3.09. The number of hydrogen-bond acceptors (Lipinski definition) is 1. The van der Waals surface area contributed by atoms with Crippen molar-refractivity contribution in [3.05, 3.63) is 60.0 Å². The predicted octanol–water partition coefficient (Wildman–Crippen LogP) is 5.29. The van der Waals surface area contributed by atoms with E-state index in [1.807, 2.05) is 6.20 Å². The van der Waals surface area contributed by atoms with Gasteiger partial charge in [0, 0.05) is 20.7 Å². The largest absolute Gasteiger partial charge is 0.256 e. The van der Waals surface area contributed by atoms with E-state index in [1.165, 1.54) is 40.5 Å². The quantitative estimate of drug-likeness (QED) is 0.493. The van der Waals surface area contributed by atoms with Gasteiger partial charge in [-0.25, -0.2) is 0 Å². The maximum atomic E-state index is 4.74. The number of aromatic nitrogens is 1. The molecule has 0 atom stereocenters. The second-order valence-corrected chi connectivity index (χ2v) is 9.40. The lowest BCUT2D eigenvalue weighted by Crippen LogP contribution is -2.05. The number of rotatable bonds is 2. The van der Waals surface area contributed by atoms with E-state index in [4.69, 9.17) is 4.98 Å². The van der Waals surface area contributed by atoms with Crippen molar-refractivity contribution in [2.75, 3.05) is 4.43 Å². The Hall–Kier alpha value is -1.03. The maximum absolute atomic E-state index is 4.74. The first-order valence-electron chi connectivity index (χ1n) is 7.65. The molecule has 1 aliphatic heterocycles. The first-order valence-corrected chi connectivity index (χ1v) is 10.2. The van der Waals surface area contributed by atoms with Crippen molar-refractivity contribution in [1.82, 2.24) is 4.98 Å². The smallest absolute Gasteiger partial charge is 0.0715 e. The summed E-state index contributed by atoms with van der Waals surface area (Å²) in [5.41, 5.74) is 3.85. The predicted molar refractivity (Wildman–Crippen MR) is 101 cm³/mol. The van der Waals surface area contributed by atoms with Crippen LogP contribution in [0.25, 0.3) is 5.57 Å². The molecule has 2 heteroatoms. The molecular weight excluding hydrogens is 369 g/mol. The van der Waals surface area contributed by atoms with Gasteiger partial charge in [-0.05, 0) is 35.3 Å². The highest BCUT2D eigenvalue weighted by molar-refractivity contribution is 14.2. The third kappa shape index (κ3) is 3.79. The van der Waals surface area contributed by atoms with Crippen molar-refractivity contribution in [2.45, 2.75) is 33.1 Å². The number of hydrogen-bond donors (Lipinski definition) is 0. The van der Waals surface area contributed by atoms with Gasteiger partial charge in [-0.15, -0.1) is 20.7 Å². The average molecular weight is 391 g/mol. The van der Waals surface area contributed by atoms with E-state index >= 15 is 0 Å². The Labute approximate surface area is 137 Å². The van der Waals surface area contributed by atoms with Gasteiger partial charge in [0.1, 0.15) is 0 Å². The highest BCUT2D eigenvalue weighted by Crippen LogP contribution is 2.27. The first-order chi connectivity index (χ1) is 10.1. The minimum Gasteiger partial charge on any atom is -0.256 e. The Bertz CT molecular complexity index is 630. The zero-order chi connectivity index (χ0) is 14.7. The van der Waals surface area contributed by atoms with Gasteiger partial charge in [0.25, 0.3) is 0 Å². The lowest BCUT2D eigenvalue weighted by molar-refractivity contribution is 0.627. The molecule has 1 aliphatic carbocycles.